The number of esters is 1. The maximum absolute atomic E-state index is 13.1. The molecule has 6 heteroatoms. The molecule has 0 aromatic rings. The predicted molar refractivity (Wildman–Crippen MR) is 144 cm³/mol. The highest BCUT2D eigenvalue weighted by Gasteiger charge is 2.71. The minimum atomic E-state index is -0.887. The summed E-state index contributed by atoms with van der Waals surface area (Å²) in [6, 6.07) is 0. The molecule has 0 bridgehead atoms. The van der Waals surface area contributed by atoms with Crippen LogP contribution in [0, 0.1) is 39.4 Å². The molecular formula is C32H44O6. The smallest absolute Gasteiger partial charge is 0.330 e. The van der Waals surface area contributed by atoms with E-state index in [4.69, 9.17) is 9.47 Å². The average molecular weight is 525 g/mol. The van der Waals surface area contributed by atoms with Gasteiger partial charge in [-0.15, -0.1) is 0 Å². The van der Waals surface area contributed by atoms with Crippen molar-refractivity contribution in [2.24, 2.45) is 39.4 Å². The molecule has 1 saturated heterocycles. The van der Waals surface area contributed by atoms with Gasteiger partial charge in [0.1, 0.15) is 18.0 Å². The Bertz CT molecular complexity index is 1190. The molecule has 38 heavy (non-hydrogen) atoms. The fourth-order valence-corrected chi connectivity index (χ4v) is 9.75. The Hall–Kier alpha value is -2.37. The number of hydrogen-bond donors (Lipinski definition) is 1. The zero-order valence-corrected chi connectivity index (χ0v) is 24.3. The Balaban J connectivity index is 1.57. The zero-order chi connectivity index (χ0) is 28.0. The fourth-order valence-electron chi connectivity index (χ4n) is 9.75. The standard InChI is InChI=1S/C32H44O6/c1-17(10-9-11-18(2)28(35)36)26-21(37-19(3)33)15-30(6)20-12-13-23-29(4,5)24(34)14-25-32(23,8)27(20)22(38-25)16-31(26,30)7/h11,14,17,21-23,26H,9-10,12-13,15-16H2,1-8H3,(H,35,36). The molecule has 0 aromatic carbocycles. The largest absolute Gasteiger partial charge is 0.489 e. The number of ketones is 1. The van der Waals surface area contributed by atoms with Gasteiger partial charge in [-0.05, 0) is 80.6 Å². The first-order valence-electron chi connectivity index (χ1n) is 14.3. The molecule has 6 nitrogen and oxygen atoms in total. The molecule has 2 fully saturated rings. The van der Waals surface area contributed by atoms with Gasteiger partial charge in [-0.25, -0.2) is 4.79 Å². The van der Waals surface area contributed by atoms with E-state index in [0.29, 0.717) is 12.0 Å². The van der Waals surface area contributed by atoms with Crippen molar-refractivity contribution >= 4 is 17.7 Å². The minimum Gasteiger partial charge on any atom is -0.489 e. The van der Waals surface area contributed by atoms with Crippen LogP contribution in [0.5, 0.6) is 0 Å². The summed E-state index contributed by atoms with van der Waals surface area (Å²) in [5.41, 5.74) is 2.22. The third-order valence-corrected chi connectivity index (χ3v) is 11.8. The molecule has 4 aliphatic carbocycles. The SMILES string of the molecule is CC(=O)OC1CC2(C)C3=C4C(CC2(C)C1C(C)CCC=C(C)C(=O)O)OC1=CC(=O)C(C)(C)C(CC3)C14C. The van der Waals surface area contributed by atoms with E-state index < -0.39 is 11.4 Å². The van der Waals surface area contributed by atoms with Crippen LogP contribution in [0.1, 0.15) is 93.9 Å². The molecule has 0 spiro atoms. The number of allylic oxidation sites excluding steroid dienone is 4. The summed E-state index contributed by atoms with van der Waals surface area (Å²) in [4.78, 5) is 36.7. The van der Waals surface area contributed by atoms with Gasteiger partial charge in [0.2, 0.25) is 0 Å². The van der Waals surface area contributed by atoms with Crippen LogP contribution in [0.4, 0.5) is 0 Å². The van der Waals surface area contributed by atoms with Gasteiger partial charge in [-0.3, -0.25) is 9.59 Å². The minimum absolute atomic E-state index is 0.0660. The number of fused-ring (bicyclic) bond motifs is 2. The maximum Gasteiger partial charge on any atom is 0.330 e. The summed E-state index contributed by atoms with van der Waals surface area (Å²) in [6.07, 6.45) is 8.33. The lowest BCUT2D eigenvalue weighted by molar-refractivity contribution is -0.150. The Kier molecular flexibility index (Phi) is 6.13. The highest BCUT2D eigenvalue weighted by atomic mass is 16.5. The summed E-state index contributed by atoms with van der Waals surface area (Å²) in [5.74, 6) is 0.441. The first-order valence-corrected chi connectivity index (χ1v) is 14.3. The first-order chi connectivity index (χ1) is 17.6. The van der Waals surface area contributed by atoms with E-state index in [-0.39, 0.29) is 58.0 Å². The molecule has 5 aliphatic rings. The van der Waals surface area contributed by atoms with Crippen LogP contribution in [0.2, 0.25) is 0 Å². The molecule has 1 N–H and O–H groups in total. The Morgan fingerprint density at radius 2 is 1.87 bits per heavy atom. The zero-order valence-electron chi connectivity index (χ0n) is 24.3. The van der Waals surface area contributed by atoms with Gasteiger partial charge >= 0.3 is 11.9 Å². The fraction of sp³-hybridized carbons (Fsp3) is 0.719. The van der Waals surface area contributed by atoms with Crippen LogP contribution >= 0.6 is 0 Å². The van der Waals surface area contributed by atoms with Gasteiger partial charge in [-0.1, -0.05) is 46.3 Å². The number of carboxylic acids is 1. The van der Waals surface area contributed by atoms with Crippen molar-refractivity contribution in [2.45, 2.75) is 106 Å². The van der Waals surface area contributed by atoms with Gasteiger partial charge in [0.15, 0.2) is 5.78 Å². The number of ether oxygens (including phenoxy) is 2. The van der Waals surface area contributed by atoms with E-state index in [0.717, 1.165) is 37.9 Å². The Labute approximate surface area is 226 Å². The van der Waals surface area contributed by atoms with E-state index in [1.54, 1.807) is 19.1 Å². The van der Waals surface area contributed by atoms with Crippen LogP contribution in [0.15, 0.2) is 34.6 Å². The topological polar surface area (TPSA) is 89.9 Å². The van der Waals surface area contributed by atoms with Crippen LogP contribution in [0.25, 0.3) is 0 Å². The third-order valence-electron chi connectivity index (χ3n) is 11.8. The van der Waals surface area contributed by atoms with E-state index in [1.807, 2.05) is 0 Å². The van der Waals surface area contributed by atoms with Gasteiger partial charge in [0.05, 0.1) is 5.41 Å². The molecule has 5 rings (SSSR count). The second kappa shape index (κ2) is 8.56. The number of carbonyl (C=O) groups is 3. The van der Waals surface area contributed by atoms with E-state index in [2.05, 4.69) is 41.5 Å². The van der Waals surface area contributed by atoms with E-state index in [9.17, 15) is 19.5 Å². The summed E-state index contributed by atoms with van der Waals surface area (Å²) in [7, 11) is 0. The average Bonchev–Trinajstić information content (AvgIpc) is 3.20. The second-order valence-electron chi connectivity index (χ2n) is 14.0. The number of carboxylic acid groups (broad SMARTS) is 1. The highest BCUT2D eigenvalue weighted by Crippen LogP contribution is 2.75. The molecule has 0 aromatic heterocycles. The first kappa shape index (κ1) is 27.2. The van der Waals surface area contributed by atoms with Crippen molar-refractivity contribution in [3.63, 3.8) is 0 Å². The highest BCUT2D eigenvalue weighted by molar-refractivity contribution is 5.97. The second-order valence-corrected chi connectivity index (χ2v) is 14.0. The number of carbonyl (C=O) groups excluding carboxylic acids is 2. The lowest BCUT2D eigenvalue weighted by Crippen LogP contribution is -2.53. The lowest BCUT2D eigenvalue weighted by Gasteiger charge is -2.57. The van der Waals surface area contributed by atoms with Gasteiger partial charge in [-0.2, -0.15) is 0 Å². The van der Waals surface area contributed by atoms with Crippen molar-refractivity contribution in [2.75, 3.05) is 0 Å². The van der Waals surface area contributed by atoms with Gasteiger partial charge in [0, 0.05) is 29.9 Å². The lowest BCUT2D eigenvalue weighted by atomic mass is 9.44. The molecule has 8 unspecified atom stereocenters. The molecule has 0 amide bonds. The summed E-state index contributed by atoms with van der Waals surface area (Å²) >= 11 is 0. The van der Waals surface area contributed by atoms with Crippen molar-refractivity contribution in [1.82, 2.24) is 0 Å². The normalized spacial score (nSPS) is 41.6. The molecule has 1 heterocycles. The van der Waals surface area contributed by atoms with E-state index in [1.165, 1.54) is 18.1 Å². The summed E-state index contributed by atoms with van der Waals surface area (Å²) < 4.78 is 12.8. The molecule has 1 aliphatic heterocycles. The summed E-state index contributed by atoms with van der Waals surface area (Å²) in [5, 5.41) is 9.26. The van der Waals surface area contributed by atoms with Crippen molar-refractivity contribution in [3.05, 3.63) is 34.6 Å². The van der Waals surface area contributed by atoms with Crippen molar-refractivity contribution in [3.8, 4) is 0 Å². The van der Waals surface area contributed by atoms with Gasteiger partial charge in [0.25, 0.3) is 0 Å². The van der Waals surface area contributed by atoms with Gasteiger partial charge < -0.3 is 14.6 Å². The Morgan fingerprint density at radius 1 is 1.18 bits per heavy atom. The van der Waals surface area contributed by atoms with E-state index >= 15 is 0 Å². The Morgan fingerprint density at radius 3 is 2.50 bits per heavy atom. The van der Waals surface area contributed by atoms with Crippen LogP contribution < -0.4 is 0 Å². The monoisotopic (exact) mass is 524 g/mol. The van der Waals surface area contributed by atoms with Crippen LogP contribution in [-0.2, 0) is 23.9 Å². The van der Waals surface area contributed by atoms with Crippen LogP contribution in [0.3, 0.4) is 0 Å². The van der Waals surface area contributed by atoms with Crippen molar-refractivity contribution in [1.29, 1.82) is 0 Å². The third kappa shape index (κ3) is 3.47. The molecule has 0 radical (unpaired) electrons. The van der Waals surface area contributed by atoms with Crippen LogP contribution in [-0.4, -0.2) is 35.0 Å². The quantitative estimate of drug-likeness (QED) is 0.245. The number of aliphatic carboxylic acids is 1. The number of hydrogen-bond acceptors (Lipinski definition) is 5. The molecule has 208 valence electrons. The predicted octanol–water partition coefficient (Wildman–Crippen LogP) is 6.41. The number of rotatable bonds is 6. The van der Waals surface area contributed by atoms with Crippen molar-refractivity contribution < 1.29 is 29.0 Å². The maximum atomic E-state index is 13.1. The molecular weight excluding hydrogens is 480 g/mol. The summed E-state index contributed by atoms with van der Waals surface area (Å²) in [6.45, 7) is 16.6. The molecule has 8 atom stereocenters. The molecule has 1 saturated carbocycles.